The van der Waals surface area contributed by atoms with Crippen molar-refractivity contribution >= 4 is 33.1 Å². The highest BCUT2D eigenvalue weighted by molar-refractivity contribution is 9.10. The Balaban J connectivity index is 1.05. The van der Waals surface area contributed by atoms with Gasteiger partial charge in [-0.25, -0.2) is 4.99 Å². The fraction of sp³-hybridized carbons (Fsp3) is 0.464. The van der Waals surface area contributed by atoms with Crippen LogP contribution < -0.4 is 5.32 Å². The van der Waals surface area contributed by atoms with E-state index in [-0.39, 0.29) is 0 Å². The minimum atomic E-state index is 0.423. The first-order valence-electron chi connectivity index (χ1n) is 12.5. The van der Waals surface area contributed by atoms with Crippen LogP contribution in [0.4, 0.5) is 11.4 Å². The second-order valence-corrected chi connectivity index (χ2v) is 10.8. The number of halogens is 1. The smallest absolute Gasteiger partial charge is 0.109 e. The van der Waals surface area contributed by atoms with Crippen LogP contribution in [0.2, 0.25) is 0 Å². The fourth-order valence-electron chi connectivity index (χ4n) is 5.64. The van der Waals surface area contributed by atoms with E-state index in [1.807, 2.05) is 0 Å². The van der Waals surface area contributed by atoms with Crippen LogP contribution in [0.1, 0.15) is 48.8 Å². The summed E-state index contributed by atoms with van der Waals surface area (Å²) in [6, 6.07) is 13.2. The Bertz CT molecular complexity index is 1130. The average Bonchev–Trinajstić information content (AvgIpc) is 3.47. The monoisotopic (exact) mass is 502 g/mol. The molecule has 4 heterocycles. The Kier molecular flexibility index (Phi) is 5.90. The zero-order chi connectivity index (χ0) is 22.2. The summed E-state index contributed by atoms with van der Waals surface area (Å²) in [7, 11) is 0. The van der Waals surface area contributed by atoms with Crippen LogP contribution in [-0.2, 0) is 12.8 Å². The van der Waals surface area contributed by atoms with Crippen LogP contribution in [0.3, 0.4) is 0 Å². The molecule has 0 radical (unpaired) electrons. The molecule has 1 atom stereocenters. The molecule has 2 fully saturated rings. The molecule has 0 amide bonds. The van der Waals surface area contributed by atoms with Gasteiger partial charge in [0.15, 0.2) is 0 Å². The molecule has 2 saturated heterocycles. The summed E-state index contributed by atoms with van der Waals surface area (Å²) in [6.45, 7) is 4.55. The van der Waals surface area contributed by atoms with Crippen molar-refractivity contribution in [3.63, 3.8) is 0 Å². The number of anilines is 1. The first-order chi connectivity index (χ1) is 16.2. The van der Waals surface area contributed by atoms with Gasteiger partial charge in [-0.2, -0.15) is 0 Å². The Labute approximate surface area is 205 Å². The number of amidine groups is 1. The Morgan fingerprint density at radius 2 is 1.76 bits per heavy atom. The topological polar surface area (TPSA) is 30.9 Å². The average molecular weight is 503 g/mol. The summed E-state index contributed by atoms with van der Waals surface area (Å²) < 4.78 is 1.14. The van der Waals surface area contributed by atoms with E-state index >= 15 is 0 Å². The van der Waals surface area contributed by atoms with Crippen molar-refractivity contribution in [2.24, 2.45) is 10.9 Å². The second kappa shape index (κ2) is 9.16. The Morgan fingerprint density at radius 3 is 2.61 bits per heavy atom. The van der Waals surface area contributed by atoms with Crippen molar-refractivity contribution in [2.45, 2.75) is 51.1 Å². The summed E-state index contributed by atoms with van der Waals surface area (Å²) in [6.07, 6.45) is 8.75. The number of aliphatic imine (C=N–C) groups is 1. The summed E-state index contributed by atoms with van der Waals surface area (Å²) in [4.78, 5) is 10.0. The molecule has 2 aromatic rings. The van der Waals surface area contributed by atoms with E-state index in [2.05, 4.69) is 79.3 Å². The standard InChI is InChI=1S/C28H31BrN4/c29-24-9-8-23-18-28(31-26(23)19-24)33-14-10-20(11-15-33)4-5-21-6-7-22-17-27(30-25(22)16-21)32-12-2-1-3-13-32/h6-9,16,19-20,28,31H,1-3,10-15,17-18H2. The van der Waals surface area contributed by atoms with E-state index in [0.29, 0.717) is 12.1 Å². The van der Waals surface area contributed by atoms with Gasteiger partial charge in [0.05, 0.1) is 11.9 Å². The van der Waals surface area contributed by atoms with Gasteiger partial charge in [0.1, 0.15) is 5.84 Å². The molecule has 4 aliphatic rings. The van der Waals surface area contributed by atoms with Gasteiger partial charge in [0.25, 0.3) is 0 Å². The molecule has 33 heavy (non-hydrogen) atoms. The third kappa shape index (κ3) is 4.56. The van der Waals surface area contributed by atoms with E-state index in [4.69, 9.17) is 4.99 Å². The first kappa shape index (κ1) is 21.3. The summed E-state index contributed by atoms with van der Waals surface area (Å²) in [5, 5.41) is 3.71. The molecule has 0 aliphatic carbocycles. The molecule has 2 aromatic carbocycles. The molecule has 170 valence electrons. The Morgan fingerprint density at radius 1 is 0.939 bits per heavy atom. The molecule has 5 heteroatoms. The SMILES string of the molecule is Brc1ccc2c(c1)NC(N1CCC(C#Cc3ccc4c(c3)N=C(N3CCCCC3)C4)CC1)C2. The van der Waals surface area contributed by atoms with Gasteiger partial charge in [-0.1, -0.05) is 39.9 Å². The van der Waals surface area contributed by atoms with E-state index in [1.165, 1.54) is 41.9 Å². The molecule has 1 N–H and O–H groups in total. The van der Waals surface area contributed by atoms with Crippen LogP contribution in [-0.4, -0.2) is 48.0 Å². The lowest BCUT2D eigenvalue weighted by Crippen LogP contribution is -2.44. The number of benzene rings is 2. The van der Waals surface area contributed by atoms with Gasteiger partial charge in [-0.05, 0) is 67.5 Å². The number of nitrogens with one attached hydrogen (secondary N) is 1. The zero-order valence-corrected chi connectivity index (χ0v) is 20.7. The molecule has 1 unspecified atom stereocenters. The summed E-state index contributed by atoms with van der Waals surface area (Å²) >= 11 is 3.58. The number of likely N-dealkylation sites (tertiary alicyclic amines) is 2. The molecule has 4 nitrogen and oxygen atoms in total. The maximum atomic E-state index is 4.97. The number of rotatable bonds is 1. The molecule has 6 rings (SSSR count). The van der Waals surface area contributed by atoms with Crippen molar-refractivity contribution in [1.82, 2.24) is 9.80 Å². The molecule has 0 saturated carbocycles. The minimum absolute atomic E-state index is 0.423. The van der Waals surface area contributed by atoms with Crippen LogP contribution >= 0.6 is 15.9 Å². The van der Waals surface area contributed by atoms with Gasteiger partial charge in [-0.3, -0.25) is 4.90 Å². The third-order valence-electron chi connectivity index (χ3n) is 7.60. The normalized spacial score (nSPS) is 22.8. The molecular formula is C28H31BrN4. The zero-order valence-electron chi connectivity index (χ0n) is 19.1. The third-order valence-corrected chi connectivity index (χ3v) is 8.10. The quantitative estimate of drug-likeness (QED) is 0.516. The molecular weight excluding hydrogens is 472 g/mol. The second-order valence-electron chi connectivity index (χ2n) is 9.84. The number of fused-ring (bicyclic) bond motifs is 2. The first-order valence-corrected chi connectivity index (χ1v) is 13.3. The van der Waals surface area contributed by atoms with Gasteiger partial charge in [-0.15, -0.1) is 0 Å². The Hall–Kier alpha value is -2.29. The lowest BCUT2D eigenvalue weighted by molar-refractivity contribution is 0.165. The number of nitrogens with zero attached hydrogens (tertiary/aromatic N) is 3. The van der Waals surface area contributed by atoms with Crippen molar-refractivity contribution in [3.05, 3.63) is 57.6 Å². The number of hydrogen-bond acceptors (Lipinski definition) is 4. The number of piperidine rings is 2. The maximum Gasteiger partial charge on any atom is 0.109 e. The molecule has 0 spiro atoms. The molecule has 0 bridgehead atoms. The highest BCUT2D eigenvalue weighted by Gasteiger charge is 2.29. The fourth-order valence-corrected chi connectivity index (χ4v) is 6.00. The van der Waals surface area contributed by atoms with Crippen molar-refractivity contribution < 1.29 is 0 Å². The number of hydrogen-bond donors (Lipinski definition) is 1. The largest absolute Gasteiger partial charge is 0.369 e. The molecule has 0 aromatic heterocycles. The van der Waals surface area contributed by atoms with Crippen LogP contribution in [0.5, 0.6) is 0 Å². The van der Waals surface area contributed by atoms with E-state index in [9.17, 15) is 0 Å². The van der Waals surface area contributed by atoms with Crippen LogP contribution in [0, 0.1) is 17.8 Å². The van der Waals surface area contributed by atoms with Crippen LogP contribution in [0.25, 0.3) is 0 Å². The van der Waals surface area contributed by atoms with E-state index < -0.39 is 0 Å². The van der Waals surface area contributed by atoms with Gasteiger partial charge in [0, 0.05) is 60.7 Å². The minimum Gasteiger partial charge on any atom is -0.369 e. The lowest BCUT2D eigenvalue weighted by atomic mass is 9.96. The van der Waals surface area contributed by atoms with Gasteiger partial charge in [0.2, 0.25) is 0 Å². The predicted molar refractivity (Wildman–Crippen MR) is 139 cm³/mol. The van der Waals surface area contributed by atoms with E-state index in [0.717, 1.165) is 67.6 Å². The lowest BCUT2D eigenvalue weighted by Gasteiger charge is -2.34. The predicted octanol–water partition coefficient (Wildman–Crippen LogP) is 5.58. The van der Waals surface area contributed by atoms with Crippen molar-refractivity contribution in [2.75, 3.05) is 31.5 Å². The van der Waals surface area contributed by atoms with Crippen molar-refractivity contribution in [1.29, 1.82) is 0 Å². The summed E-state index contributed by atoms with van der Waals surface area (Å²) in [5.74, 6) is 8.80. The van der Waals surface area contributed by atoms with Crippen LogP contribution in [0.15, 0.2) is 45.9 Å². The highest BCUT2D eigenvalue weighted by Crippen LogP contribution is 2.32. The maximum absolute atomic E-state index is 4.97. The van der Waals surface area contributed by atoms with Gasteiger partial charge >= 0.3 is 0 Å². The van der Waals surface area contributed by atoms with Crippen molar-refractivity contribution in [3.8, 4) is 11.8 Å². The summed E-state index contributed by atoms with van der Waals surface area (Å²) in [5.41, 5.74) is 6.30. The highest BCUT2D eigenvalue weighted by atomic mass is 79.9. The van der Waals surface area contributed by atoms with Gasteiger partial charge < -0.3 is 10.2 Å². The molecule has 4 aliphatic heterocycles. The van der Waals surface area contributed by atoms with E-state index in [1.54, 1.807) is 0 Å².